The second-order valence-corrected chi connectivity index (χ2v) is 10.1. The number of nitrogens with one attached hydrogen (secondary N) is 1. The number of aliphatic hydroxyl groups is 1. The number of nitrogens with zero attached hydrogens (tertiary/aromatic N) is 5. The van der Waals surface area contributed by atoms with Crippen molar-refractivity contribution < 1.29 is 43.3 Å². The summed E-state index contributed by atoms with van der Waals surface area (Å²) in [6, 6.07) is 5.75. The number of piperidine rings is 1. The van der Waals surface area contributed by atoms with Crippen LogP contribution in [-0.4, -0.2) is 111 Å². The fourth-order valence-electron chi connectivity index (χ4n) is 4.74. The number of aliphatic hydroxyl groups excluding tert-OH is 1. The SMILES string of the molecule is C=CC(=O)O.CC(C)CN(C(=O)c1nnn(-c2ccccc2F)c1CO)[C@@H]1CNC[C@H](C(=O)N2CCOCC2)C1.O=C=O. The van der Waals surface area contributed by atoms with Crippen molar-refractivity contribution in [3.63, 3.8) is 0 Å². The Hall–Kier alpha value is -4.30. The molecule has 2 amide bonds. The van der Waals surface area contributed by atoms with E-state index in [-0.39, 0.29) is 47.0 Å². The highest BCUT2D eigenvalue weighted by Crippen LogP contribution is 2.24. The molecular formula is C28H37FN6O8. The number of morpholine rings is 1. The van der Waals surface area contributed by atoms with E-state index >= 15 is 0 Å². The number of hydrogen-bond donors (Lipinski definition) is 3. The molecule has 1 aromatic carbocycles. The number of halogens is 1. The third kappa shape index (κ3) is 9.89. The van der Waals surface area contributed by atoms with E-state index in [1.54, 1.807) is 17.0 Å². The second-order valence-electron chi connectivity index (χ2n) is 10.1. The number of benzene rings is 1. The molecular weight excluding hydrogens is 567 g/mol. The van der Waals surface area contributed by atoms with Gasteiger partial charge in [0.05, 0.1) is 25.7 Å². The summed E-state index contributed by atoms with van der Waals surface area (Å²) in [6.07, 6.45) is 1.61. The summed E-state index contributed by atoms with van der Waals surface area (Å²) in [5.74, 6) is -1.93. The largest absolute Gasteiger partial charge is 0.478 e. The minimum Gasteiger partial charge on any atom is -0.478 e. The van der Waals surface area contributed by atoms with E-state index in [1.165, 1.54) is 16.8 Å². The van der Waals surface area contributed by atoms with Crippen LogP contribution in [0.3, 0.4) is 0 Å². The van der Waals surface area contributed by atoms with Gasteiger partial charge >= 0.3 is 12.1 Å². The first kappa shape index (κ1) is 34.9. The van der Waals surface area contributed by atoms with Crippen molar-refractivity contribution in [3.05, 3.63) is 54.1 Å². The molecule has 2 atom stereocenters. The lowest BCUT2D eigenvalue weighted by molar-refractivity contribution is -0.191. The molecule has 0 aliphatic carbocycles. The Morgan fingerprint density at radius 3 is 2.42 bits per heavy atom. The molecule has 15 heteroatoms. The highest BCUT2D eigenvalue weighted by molar-refractivity contribution is 5.93. The molecule has 2 fully saturated rings. The molecule has 2 aliphatic rings. The van der Waals surface area contributed by atoms with Crippen LogP contribution >= 0.6 is 0 Å². The van der Waals surface area contributed by atoms with Crippen molar-refractivity contribution in [2.45, 2.75) is 32.9 Å². The van der Waals surface area contributed by atoms with Crippen molar-refractivity contribution in [1.82, 2.24) is 30.1 Å². The van der Waals surface area contributed by atoms with Gasteiger partial charge in [-0.05, 0) is 24.5 Å². The number of carboxylic acids is 1. The molecule has 0 unspecified atom stereocenters. The van der Waals surface area contributed by atoms with Crippen molar-refractivity contribution in [2.24, 2.45) is 11.8 Å². The maximum Gasteiger partial charge on any atom is 0.373 e. The van der Waals surface area contributed by atoms with Crippen molar-refractivity contribution in [2.75, 3.05) is 45.9 Å². The van der Waals surface area contributed by atoms with Crippen LogP contribution in [-0.2, 0) is 30.5 Å². The van der Waals surface area contributed by atoms with Crippen LogP contribution in [0.5, 0.6) is 0 Å². The zero-order valence-corrected chi connectivity index (χ0v) is 24.1. The van der Waals surface area contributed by atoms with Gasteiger partial charge in [0, 0.05) is 44.8 Å². The lowest BCUT2D eigenvalue weighted by atomic mass is 9.92. The molecule has 2 aliphatic heterocycles. The molecule has 2 aromatic rings. The molecule has 234 valence electrons. The number of ether oxygens (including phenoxy) is 1. The van der Waals surface area contributed by atoms with Crippen LogP contribution in [0.15, 0.2) is 36.9 Å². The summed E-state index contributed by atoms with van der Waals surface area (Å²) in [5.41, 5.74) is 0.214. The van der Waals surface area contributed by atoms with Crippen LogP contribution < -0.4 is 5.32 Å². The van der Waals surface area contributed by atoms with E-state index < -0.39 is 24.3 Å². The number of carboxylic acid groups (broad SMARTS) is 1. The number of aliphatic carboxylic acids is 1. The average Bonchev–Trinajstić information content (AvgIpc) is 3.44. The predicted octanol–water partition coefficient (Wildman–Crippen LogP) is 0.507. The van der Waals surface area contributed by atoms with E-state index in [9.17, 15) is 23.9 Å². The summed E-state index contributed by atoms with van der Waals surface area (Å²) in [6.45, 7) is 10.2. The van der Waals surface area contributed by atoms with Crippen LogP contribution in [0.1, 0.15) is 36.5 Å². The number of carbonyl (C=O) groups is 3. The van der Waals surface area contributed by atoms with Gasteiger partial charge in [-0.1, -0.05) is 37.8 Å². The molecule has 0 saturated carbocycles. The van der Waals surface area contributed by atoms with Crippen molar-refractivity contribution in [1.29, 1.82) is 0 Å². The molecule has 0 radical (unpaired) electrons. The first-order chi connectivity index (χ1) is 20.6. The van der Waals surface area contributed by atoms with Crippen LogP contribution in [0, 0.1) is 17.7 Å². The Bertz CT molecular complexity index is 1270. The standard InChI is InChI=1S/C24H33FN6O4.C3H4O2.CO2/c1-16(2)14-30(18-11-17(12-26-13-18)23(33)29-7-9-35-10-8-29)24(34)22-21(15-32)31(28-27-22)20-6-4-3-5-19(20)25;1-2-3(4)5;2-1-3/h3-6,16-18,26,32H,7-15H2,1-2H3;2H,1H2,(H,4,5);/t17-,18+;;/m1../s1. The first-order valence-electron chi connectivity index (χ1n) is 13.6. The van der Waals surface area contributed by atoms with E-state index in [2.05, 4.69) is 22.2 Å². The molecule has 0 bridgehead atoms. The first-order valence-corrected chi connectivity index (χ1v) is 13.6. The Morgan fingerprint density at radius 2 is 1.86 bits per heavy atom. The van der Waals surface area contributed by atoms with Gasteiger partial charge in [0.2, 0.25) is 5.91 Å². The van der Waals surface area contributed by atoms with Crippen LogP contribution in [0.25, 0.3) is 5.69 Å². The zero-order valence-electron chi connectivity index (χ0n) is 24.1. The topological polar surface area (TPSA) is 184 Å². The van der Waals surface area contributed by atoms with E-state index in [0.717, 1.165) is 6.08 Å². The Balaban J connectivity index is 0.000000719. The Morgan fingerprint density at radius 1 is 1.23 bits per heavy atom. The van der Waals surface area contributed by atoms with Crippen molar-refractivity contribution >= 4 is 23.9 Å². The molecule has 0 spiro atoms. The monoisotopic (exact) mass is 604 g/mol. The Kier molecular flexibility index (Phi) is 14.3. The van der Waals surface area contributed by atoms with E-state index in [4.69, 9.17) is 19.4 Å². The summed E-state index contributed by atoms with van der Waals surface area (Å²) in [7, 11) is 0. The smallest absolute Gasteiger partial charge is 0.373 e. The minimum atomic E-state index is -0.981. The summed E-state index contributed by atoms with van der Waals surface area (Å²) >= 11 is 0. The van der Waals surface area contributed by atoms with E-state index in [1.807, 2.05) is 18.7 Å². The normalized spacial score (nSPS) is 17.8. The molecule has 14 nitrogen and oxygen atoms in total. The fourth-order valence-corrected chi connectivity index (χ4v) is 4.74. The lowest BCUT2D eigenvalue weighted by Gasteiger charge is -2.40. The van der Waals surface area contributed by atoms with Gasteiger partial charge in [0.25, 0.3) is 5.91 Å². The van der Waals surface area contributed by atoms with E-state index in [0.29, 0.717) is 52.4 Å². The number of para-hydroxylation sites is 1. The van der Waals surface area contributed by atoms with Gasteiger partial charge in [-0.15, -0.1) is 5.10 Å². The van der Waals surface area contributed by atoms with Gasteiger partial charge < -0.3 is 30.1 Å². The van der Waals surface area contributed by atoms with Gasteiger partial charge in [-0.25, -0.2) is 13.9 Å². The Labute approximate surface area is 248 Å². The number of hydrogen-bond acceptors (Lipinski definition) is 10. The quantitative estimate of drug-likeness (QED) is 0.357. The molecule has 3 heterocycles. The fraction of sp³-hybridized carbons (Fsp3) is 0.500. The second kappa shape index (κ2) is 17.6. The zero-order chi connectivity index (χ0) is 31.9. The number of amides is 2. The lowest BCUT2D eigenvalue weighted by Crippen LogP contribution is -2.56. The molecule has 2 saturated heterocycles. The van der Waals surface area contributed by atoms with Crippen LogP contribution in [0.4, 0.5) is 4.39 Å². The molecule has 1 aromatic heterocycles. The minimum absolute atomic E-state index is 0.0157. The number of rotatable bonds is 8. The molecule has 43 heavy (non-hydrogen) atoms. The maximum atomic E-state index is 14.4. The predicted molar refractivity (Wildman–Crippen MR) is 148 cm³/mol. The summed E-state index contributed by atoms with van der Waals surface area (Å²) in [4.78, 5) is 55.9. The van der Waals surface area contributed by atoms with Gasteiger partial charge in [0.1, 0.15) is 17.2 Å². The van der Waals surface area contributed by atoms with Crippen LogP contribution in [0.2, 0.25) is 0 Å². The maximum absolute atomic E-state index is 14.4. The molecule has 4 rings (SSSR count). The summed E-state index contributed by atoms with van der Waals surface area (Å²) in [5, 5.41) is 29.0. The average molecular weight is 605 g/mol. The third-order valence-corrected chi connectivity index (χ3v) is 6.63. The summed E-state index contributed by atoms with van der Waals surface area (Å²) < 4.78 is 20.9. The number of carbonyl (C=O) groups excluding carboxylic acids is 4. The van der Waals surface area contributed by atoms with Gasteiger partial charge in [0.15, 0.2) is 5.69 Å². The number of aromatic nitrogens is 3. The van der Waals surface area contributed by atoms with Gasteiger partial charge in [-0.2, -0.15) is 9.59 Å². The molecule has 3 N–H and O–H groups in total. The van der Waals surface area contributed by atoms with Crippen molar-refractivity contribution in [3.8, 4) is 5.69 Å². The third-order valence-electron chi connectivity index (χ3n) is 6.63. The van der Waals surface area contributed by atoms with Gasteiger partial charge in [-0.3, -0.25) is 9.59 Å². The highest BCUT2D eigenvalue weighted by Gasteiger charge is 2.37. The highest BCUT2D eigenvalue weighted by atomic mass is 19.1.